The van der Waals surface area contributed by atoms with Crippen LogP contribution in [0.3, 0.4) is 0 Å². The monoisotopic (exact) mass is 419 g/mol. The summed E-state index contributed by atoms with van der Waals surface area (Å²) in [7, 11) is 1.93. The first-order valence-corrected chi connectivity index (χ1v) is 11.5. The summed E-state index contributed by atoms with van der Waals surface area (Å²) >= 11 is 1.49. The number of rotatable bonds is 6. The van der Waals surface area contributed by atoms with E-state index in [1.165, 1.54) is 22.9 Å². The largest absolute Gasteiger partial charge is 0.338 e. The van der Waals surface area contributed by atoms with Crippen molar-refractivity contribution in [1.29, 1.82) is 0 Å². The zero-order valence-electron chi connectivity index (χ0n) is 17.1. The highest BCUT2D eigenvalue weighted by Crippen LogP contribution is 2.41. The van der Waals surface area contributed by atoms with Crippen molar-refractivity contribution in [1.82, 2.24) is 24.6 Å². The van der Waals surface area contributed by atoms with Gasteiger partial charge in [-0.3, -0.25) is 14.3 Å². The molecule has 154 valence electrons. The lowest BCUT2D eigenvalue weighted by atomic mass is 9.87. The number of pyridine rings is 1. The highest BCUT2D eigenvalue weighted by molar-refractivity contribution is 7.99. The molecule has 2 heterocycles. The molecule has 1 aromatic carbocycles. The molecule has 0 spiro atoms. The summed E-state index contributed by atoms with van der Waals surface area (Å²) in [5.74, 6) is 1.35. The van der Waals surface area contributed by atoms with Gasteiger partial charge in [-0.1, -0.05) is 36.0 Å². The van der Waals surface area contributed by atoms with Crippen molar-refractivity contribution in [2.45, 2.75) is 49.3 Å². The van der Waals surface area contributed by atoms with Crippen molar-refractivity contribution in [3.8, 4) is 11.4 Å². The van der Waals surface area contributed by atoms with Crippen molar-refractivity contribution < 1.29 is 4.79 Å². The standard InChI is InChI=1S/C23H25N5OS/c1-27(20-10-4-7-16-6-2-3-9-19(16)20)21(29)15-30-23-26-25-22(28(23)18-11-12-18)17-8-5-13-24-14-17/h2-3,5-6,8-9,13-14,18,20H,4,7,10-12,15H2,1H3/t20-/m1/s1. The van der Waals surface area contributed by atoms with E-state index in [0.29, 0.717) is 11.8 Å². The van der Waals surface area contributed by atoms with Gasteiger partial charge in [0.25, 0.3) is 0 Å². The molecule has 0 N–H and O–H groups in total. The van der Waals surface area contributed by atoms with Crippen LogP contribution in [-0.4, -0.2) is 43.4 Å². The zero-order chi connectivity index (χ0) is 20.5. The number of thioether (sulfide) groups is 1. The molecular formula is C23H25N5OS. The Hall–Kier alpha value is -2.67. The van der Waals surface area contributed by atoms with Crippen LogP contribution in [0.25, 0.3) is 11.4 Å². The number of amides is 1. The second-order valence-corrected chi connectivity index (χ2v) is 8.99. The number of carbonyl (C=O) groups excluding carboxylic acids is 1. The average molecular weight is 420 g/mol. The quantitative estimate of drug-likeness (QED) is 0.557. The molecule has 5 rings (SSSR count). The fraction of sp³-hybridized carbons (Fsp3) is 0.391. The summed E-state index contributed by atoms with van der Waals surface area (Å²) < 4.78 is 2.19. The molecule has 1 atom stereocenters. The predicted octanol–water partition coefficient (Wildman–Crippen LogP) is 4.30. The Balaban J connectivity index is 1.31. The van der Waals surface area contributed by atoms with E-state index in [2.05, 4.69) is 44.0 Å². The van der Waals surface area contributed by atoms with Gasteiger partial charge >= 0.3 is 0 Å². The lowest BCUT2D eigenvalue weighted by Crippen LogP contribution is -2.34. The Morgan fingerprint density at radius 1 is 1.17 bits per heavy atom. The van der Waals surface area contributed by atoms with Gasteiger partial charge in [0.2, 0.25) is 5.91 Å². The van der Waals surface area contributed by atoms with Gasteiger partial charge in [0, 0.05) is 31.0 Å². The summed E-state index contributed by atoms with van der Waals surface area (Å²) in [5, 5.41) is 9.65. The van der Waals surface area contributed by atoms with Crippen LogP contribution >= 0.6 is 11.8 Å². The first-order valence-electron chi connectivity index (χ1n) is 10.5. The van der Waals surface area contributed by atoms with Gasteiger partial charge in [0.15, 0.2) is 11.0 Å². The second kappa shape index (κ2) is 8.22. The zero-order valence-corrected chi connectivity index (χ0v) is 17.9. The van der Waals surface area contributed by atoms with Crippen LogP contribution in [0, 0.1) is 0 Å². The van der Waals surface area contributed by atoms with Crippen LogP contribution in [0.15, 0.2) is 53.9 Å². The molecule has 0 bridgehead atoms. The number of fused-ring (bicyclic) bond motifs is 1. The van der Waals surface area contributed by atoms with E-state index in [-0.39, 0.29) is 11.9 Å². The third kappa shape index (κ3) is 3.74. The van der Waals surface area contributed by atoms with Crippen LogP contribution in [-0.2, 0) is 11.2 Å². The Kier molecular flexibility index (Phi) is 5.29. The van der Waals surface area contributed by atoms with Crippen LogP contribution in [0.5, 0.6) is 0 Å². The molecule has 1 amide bonds. The number of carbonyl (C=O) groups is 1. The van der Waals surface area contributed by atoms with Gasteiger partial charge in [0.1, 0.15) is 0 Å². The number of nitrogens with zero attached hydrogens (tertiary/aromatic N) is 5. The Labute approximate surface area is 180 Å². The minimum Gasteiger partial charge on any atom is -0.338 e. The summed E-state index contributed by atoms with van der Waals surface area (Å²) in [4.78, 5) is 19.2. The summed E-state index contributed by atoms with van der Waals surface area (Å²) in [5.41, 5.74) is 3.63. The third-order valence-corrected chi connectivity index (χ3v) is 6.95. The van der Waals surface area contributed by atoms with Gasteiger partial charge in [-0.2, -0.15) is 0 Å². The summed E-state index contributed by atoms with van der Waals surface area (Å²) in [6.45, 7) is 0. The molecule has 0 saturated heterocycles. The highest BCUT2D eigenvalue weighted by atomic mass is 32.2. The fourth-order valence-corrected chi connectivity index (χ4v) is 5.19. The molecule has 0 radical (unpaired) electrons. The fourth-order valence-electron chi connectivity index (χ4n) is 4.26. The van der Waals surface area contributed by atoms with Crippen molar-refractivity contribution in [2.24, 2.45) is 0 Å². The molecule has 2 aromatic heterocycles. The van der Waals surface area contributed by atoms with Crippen LogP contribution in [0.1, 0.15) is 48.9 Å². The molecule has 1 fully saturated rings. The molecule has 2 aliphatic carbocycles. The van der Waals surface area contributed by atoms with E-state index in [1.54, 1.807) is 6.20 Å². The molecule has 3 aromatic rings. The molecular weight excluding hydrogens is 394 g/mol. The molecule has 2 aliphatic rings. The smallest absolute Gasteiger partial charge is 0.233 e. The van der Waals surface area contributed by atoms with Gasteiger partial charge < -0.3 is 4.90 Å². The second-order valence-electron chi connectivity index (χ2n) is 8.05. The molecule has 7 heteroatoms. The third-order valence-electron chi connectivity index (χ3n) is 6.02. The van der Waals surface area contributed by atoms with Crippen LogP contribution in [0.2, 0.25) is 0 Å². The lowest BCUT2D eigenvalue weighted by Gasteiger charge is -2.33. The van der Waals surface area contributed by atoms with Gasteiger partial charge in [-0.15, -0.1) is 10.2 Å². The topological polar surface area (TPSA) is 63.9 Å². The van der Waals surface area contributed by atoms with Gasteiger partial charge in [-0.05, 0) is 55.4 Å². The molecule has 30 heavy (non-hydrogen) atoms. The predicted molar refractivity (Wildman–Crippen MR) is 117 cm³/mol. The maximum atomic E-state index is 13.0. The van der Waals surface area contributed by atoms with Crippen LogP contribution in [0.4, 0.5) is 0 Å². The SMILES string of the molecule is CN(C(=O)CSc1nnc(-c2cccnc2)n1C1CC1)[C@@H]1CCCc2ccccc21. The number of hydrogen-bond donors (Lipinski definition) is 0. The first-order chi connectivity index (χ1) is 14.7. The number of hydrogen-bond acceptors (Lipinski definition) is 5. The Bertz CT molecular complexity index is 1050. The number of aryl methyl sites for hydroxylation is 1. The normalized spacial score (nSPS) is 18.1. The van der Waals surface area contributed by atoms with E-state index in [4.69, 9.17) is 0 Å². The maximum absolute atomic E-state index is 13.0. The molecule has 0 aliphatic heterocycles. The average Bonchev–Trinajstić information content (AvgIpc) is 3.55. The van der Waals surface area contributed by atoms with Crippen molar-refractivity contribution in [3.05, 3.63) is 59.9 Å². The lowest BCUT2D eigenvalue weighted by molar-refractivity contribution is -0.129. The van der Waals surface area contributed by atoms with Crippen molar-refractivity contribution in [3.63, 3.8) is 0 Å². The molecule has 0 unspecified atom stereocenters. The Morgan fingerprint density at radius 2 is 2.03 bits per heavy atom. The maximum Gasteiger partial charge on any atom is 0.233 e. The van der Waals surface area contributed by atoms with Gasteiger partial charge in [-0.25, -0.2) is 0 Å². The number of benzene rings is 1. The summed E-state index contributed by atoms with van der Waals surface area (Å²) in [6.07, 6.45) is 9.08. The van der Waals surface area contributed by atoms with Crippen molar-refractivity contribution in [2.75, 3.05) is 12.8 Å². The van der Waals surface area contributed by atoms with Gasteiger partial charge in [0.05, 0.1) is 11.8 Å². The van der Waals surface area contributed by atoms with E-state index in [0.717, 1.165) is 48.6 Å². The Morgan fingerprint density at radius 3 is 2.83 bits per heavy atom. The van der Waals surface area contributed by atoms with E-state index >= 15 is 0 Å². The highest BCUT2D eigenvalue weighted by Gasteiger charge is 2.31. The van der Waals surface area contributed by atoms with Crippen molar-refractivity contribution >= 4 is 17.7 Å². The van der Waals surface area contributed by atoms with E-state index in [1.807, 2.05) is 30.3 Å². The minimum atomic E-state index is 0.134. The van der Waals surface area contributed by atoms with Crippen LogP contribution < -0.4 is 0 Å². The van der Waals surface area contributed by atoms with E-state index in [9.17, 15) is 4.79 Å². The van der Waals surface area contributed by atoms with E-state index < -0.39 is 0 Å². The minimum absolute atomic E-state index is 0.134. The number of aromatic nitrogens is 4. The first kappa shape index (κ1) is 19.3. The molecule has 1 saturated carbocycles. The summed E-state index contributed by atoms with van der Waals surface area (Å²) in [6, 6.07) is 13.0. The molecule has 6 nitrogen and oxygen atoms in total.